The minimum Gasteiger partial charge on any atom is -0.345 e. The molecule has 2 N–H and O–H groups in total. The molecule has 1 rings (SSSR count). The number of aromatic amines is 1. The van der Waals surface area contributed by atoms with Gasteiger partial charge in [-0.15, -0.1) is 5.10 Å². The van der Waals surface area contributed by atoms with Gasteiger partial charge < -0.3 is 5.32 Å². The van der Waals surface area contributed by atoms with Gasteiger partial charge in [0, 0.05) is 12.2 Å². The van der Waals surface area contributed by atoms with E-state index in [1.54, 1.807) is 0 Å². The topological polar surface area (TPSA) is 70.7 Å². The zero-order chi connectivity index (χ0) is 12.2. The molecule has 0 bridgehead atoms. The van der Waals surface area contributed by atoms with E-state index in [1.165, 1.54) is 0 Å². The highest BCUT2D eigenvalue weighted by Gasteiger charge is 2.22. The number of alkyl halides is 3. The Morgan fingerprint density at radius 3 is 2.75 bits per heavy atom. The Balaban J connectivity index is 2.39. The van der Waals surface area contributed by atoms with Gasteiger partial charge >= 0.3 is 6.18 Å². The fourth-order valence-electron chi connectivity index (χ4n) is 0.751. The first-order valence-electron chi connectivity index (χ1n) is 3.97. The van der Waals surface area contributed by atoms with Gasteiger partial charge in [0.25, 0.3) is 0 Å². The van der Waals surface area contributed by atoms with Gasteiger partial charge in [-0.25, -0.2) is 4.98 Å². The van der Waals surface area contributed by atoms with E-state index in [4.69, 9.17) is 0 Å². The number of nitrogens with zero attached hydrogens (tertiary/aromatic N) is 2. The summed E-state index contributed by atoms with van der Waals surface area (Å²) in [7, 11) is 0. The van der Waals surface area contributed by atoms with E-state index in [9.17, 15) is 18.0 Å². The summed E-state index contributed by atoms with van der Waals surface area (Å²) >= 11 is 2.97. The summed E-state index contributed by atoms with van der Waals surface area (Å²) in [5.41, 5.74) is 0. The molecule has 5 nitrogen and oxygen atoms in total. The average Bonchev–Trinajstić information content (AvgIpc) is 2.57. The monoisotopic (exact) mass is 298 g/mol. The molecule has 0 spiro atoms. The molecule has 0 aliphatic heterocycles. The van der Waals surface area contributed by atoms with Crippen LogP contribution in [0.4, 0.5) is 13.2 Å². The average molecular weight is 299 g/mol. The lowest BCUT2D eigenvalue weighted by atomic mass is 10.4. The summed E-state index contributed by atoms with van der Waals surface area (Å²) in [6, 6.07) is 0. The molecule has 0 saturated carbocycles. The van der Waals surface area contributed by atoms with Crippen molar-refractivity contribution in [2.45, 2.75) is 12.7 Å². The second-order valence-electron chi connectivity index (χ2n) is 2.64. The molecule has 1 heterocycles. The van der Waals surface area contributed by atoms with E-state index in [0.717, 1.165) is 0 Å². The standard InChI is InChI=1S/C7H6BrF3N4O/c8-6-13-4(14-15-6)3-12-5(16)1-2-7(9,10)11/h1-2H,3H2,(H,12,16)(H,13,14,15)/b2-1+. The third-order valence-corrected chi connectivity index (χ3v) is 1.71. The Morgan fingerprint density at radius 1 is 1.56 bits per heavy atom. The van der Waals surface area contributed by atoms with Crippen LogP contribution in [0.3, 0.4) is 0 Å². The van der Waals surface area contributed by atoms with Crippen molar-refractivity contribution in [3.8, 4) is 0 Å². The number of hydrogen-bond acceptors (Lipinski definition) is 3. The highest BCUT2D eigenvalue weighted by Crippen LogP contribution is 2.15. The molecule has 0 aliphatic rings. The number of rotatable bonds is 3. The van der Waals surface area contributed by atoms with Crippen molar-refractivity contribution in [1.82, 2.24) is 20.5 Å². The maximum Gasteiger partial charge on any atom is 0.409 e. The van der Waals surface area contributed by atoms with Gasteiger partial charge in [0.05, 0.1) is 6.54 Å². The second kappa shape index (κ2) is 5.10. The molecule has 0 unspecified atom stereocenters. The van der Waals surface area contributed by atoms with E-state index in [0.29, 0.717) is 16.6 Å². The van der Waals surface area contributed by atoms with Crippen molar-refractivity contribution in [2.75, 3.05) is 0 Å². The van der Waals surface area contributed by atoms with Crippen LogP contribution in [0.15, 0.2) is 16.9 Å². The lowest BCUT2D eigenvalue weighted by molar-refractivity contribution is -0.117. The summed E-state index contributed by atoms with van der Waals surface area (Å²) in [5.74, 6) is -0.523. The fourth-order valence-corrected chi connectivity index (χ4v) is 1.05. The molecule has 1 aromatic rings. The van der Waals surface area contributed by atoms with Gasteiger partial charge in [0.15, 0.2) is 0 Å². The highest BCUT2D eigenvalue weighted by atomic mass is 79.9. The molecule has 1 amide bonds. The van der Waals surface area contributed by atoms with Crippen LogP contribution < -0.4 is 5.32 Å². The second-order valence-corrected chi connectivity index (χ2v) is 3.35. The van der Waals surface area contributed by atoms with Crippen molar-refractivity contribution in [3.05, 3.63) is 22.7 Å². The lowest BCUT2D eigenvalue weighted by Gasteiger charge is -1.99. The largest absolute Gasteiger partial charge is 0.409 e. The number of amides is 1. The van der Waals surface area contributed by atoms with Gasteiger partial charge in [0.1, 0.15) is 5.82 Å². The Bertz CT molecular complexity index is 401. The van der Waals surface area contributed by atoms with Crippen LogP contribution in [0.1, 0.15) is 5.82 Å². The molecule has 0 radical (unpaired) electrons. The zero-order valence-electron chi connectivity index (χ0n) is 7.68. The van der Waals surface area contributed by atoms with E-state index < -0.39 is 12.1 Å². The minimum absolute atomic E-state index is 0.0281. The SMILES string of the molecule is O=C(/C=C/C(F)(F)F)NCc1nc(Br)n[nH]1. The molecule has 1 aromatic heterocycles. The third-order valence-electron chi connectivity index (χ3n) is 1.36. The van der Waals surface area contributed by atoms with Crippen molar-refractivity contribution < 1.29 is 18.0 Å². The van der Waals surface area contributed by atoms with Crippen LogP contribution in [0.25, 0.3) is 0 Å². The Morgan fingerprint density at radius 2 is 2.25 bits per heavy atom. The lowest BCUT2D eigenvalue weighted by Crippen LogP contribution is -2.21. The van der Waals surface area contributed by atoms with Crippen LogP contribution in [-0.4, -0.2) is 27.3 Å². The number of hydrogen-bond donors (Lipinski definition) is 2. The zero-order valence-corrected chi connectivity index (χ0v) is 9.26. The van der Waals surface area contributed by atoms with Gasteiger partial charge in [0.2, 0.25) is 10.6 Å². The van der Waals surface area contributed by atoms with E-state index in [2.05, 4.69) is 36.4 Å². The molecule has 0 fully saturated rings. The predicted octanol–water partition coefficient (Wildman–Crippen LogP) is 1.30. The van der Waals surface area contributed by atoms with Crippen LogP contribution in [0.5, 0.6) is 0 Å². The predicted molar refractivity (Wildman–Crippen MR) is 51.1 cm³/mol. The molecule has 9 heteroatoms. The molecular weight excluding hydrogens is 293 g/mol. The highest BCUT2D eigenvalue weighted by molar-refractivity contribution is 9.10. The van der Waals surface area contributed by atoms with E-state index in [1.807, 2.05) is 0 Å². The maximum absolute atomic E-state index is 11.7. The van der Waals surface area contributed by atoms with Gasteiger partial charge in [-0.3, -0.25) is 9.89 Å². The number of nitrogens with one attached hydrogen (secondary N) is 2. The van der Waals surface area contributed by atoms with Crippen molar-refractivity contribution in [2.24, 2.45) is 0 Å². The molecular formula is C7H6BrF3N4O. The summed E-state index contributed by atoms with van der Waals surface area (Å²) in [5, 5.41) is 8.28. The Hall–Kier alpha value is -1.38. The fraction of sp³-hybridized carbons (Fsp3) is 0.286. The number of halogens is 4. The van der Waals surface area contributed by atoms with Gasteiger partial charge in [-0.2, -0.15) is 13.2 Å². The minimum atomic E-state index is -4.49. The molecule has 0 aromatic carbocycles. The summed E-state index contributed by atoms with van der Waals surface area (Å²) in [4.78, 5) is 14.7. The van der Waals surface area contributed by atoms with Crippen LogP contribution in [0.2, 0.25) is 0 Å². The number of carbonyl (C=O) groups is 1. The number of carbonyl (C=O) groups excluding carboxylic acids is 1. The first-order chi connectivity index (χ1) is 7.37. The van der Waals surface area contributed by atoms with Gasteiger partial charge in [-0.1, -0.05) is 0 Å². The number of H-pyrrole nitrogens is 1. The quantitative estimate of drug-likeness (QED) is 0.827. The number of allylic oxidation sites excluding steroid dienone is 1. The molecule has 88 valence electrons. The Labute approximate surface area is 96.3 Å². The Kier molecular flexibility index (Phi) is 4.05. The summed E-state index contributed by atoms with van der Waals surface area (Å²) < 4.78 is 35.4. The summed E-state index contributed by atoms with van der Waals surface area (Å²) in [6.07, 6.45) is -4.23. The molecule has 0 aliphatic carbocycles. The van der Waals surface area contributed by atoms with E-state index in [-0.39, 0.29) is 12.6 Å². The van der Waals surface area contributed by atoms with Crippen LogP contribution >= 0.6 is 15.9 Å². The van der Waals surface area contributed by atoms with E-state index >= 15 is 0 Å². The van der Waals surface area contributed by atoms with Crippen molar-refractivity contribution in [1.29, 1.82) is 0 Å². The summed E-state index contributed by atoms with van der Waals surface area (Å²) in [6.45, 7) is -0.0281. The molecule has 16 heavy (non-hydrogen) atoms. The van der Waals surface area contributed by atoms with Crippen LogP contribution in [0, 0.1) is 0 Å². The first kappa shape index (κ1) is 12.7. The molecule has 0 saturated heterocycles. The third kappa shape index (κ3) is 4.91. The maximum atomic E-state index is 11.7. The van der Waals surface area contributed by atoms with Crippen LogP contribution in [-0.2, 0) is 11.3 Å². The molecule has 0 atom stereocenters. The number of aromatic nitrogens is 3. The van der Waals surface area contributed by atoms with Crippen molar-refractivity contribution >= 4 is 21.8 Å². The smallest absolute Gasteiger partial charge is 0.345 e. The normalized spacial score (nSPS) is 12.0. The van der Waals surface area contributed by atoms with Crippen molar-refractivity contribution in [3.63, 3.8) is 0 Å². The van der Waals surface area contributed by atoms with Gasteiger partial charge in [-0.05, 0) is 15.9 Å². The first-order valence-corrected chi connectivity index (χ1v) is 4.77.